The highest BCUT2D eigenvalue weighted by atomic mass is 19.1. The van der Waals surface area contributed by atoms with E-state index in [2.05, 4.69) is 4.98 Å². The first-order chi connectivity index (χ1) is 8.50. The fourth-order valence-corrected chi connectivity index (χ4v) is 1.55. The number of aromatic nitrogens is 1. The zero-order valence-corrected chi connectivity index (χ0v) is 8.91. The van der Waals surface area contributed by atoms with Gasteiger partial charge in [0.15, 0.2) is 0 Å². The zero-order chi connectivity index (χ0) is 13.3. The van der Waals surface area contributed by atoms with Gasteiger partial charge in [0.25, 0.3) is 5.56 Å². The van der Waals surface area contributed by atoms with Crippen LogP contribution in [0.25, 0.3) is 11.1 Å². The number of aromatic carboxylic acids is 1. The van der Waals surface area contributed by atoms with Gasteiger partial charge in [0.2, 0.25) is 0 Å². The summed E-state index contributed by atoms with van der Waals surface area (Å²) in [7, 11) is 0. The van der Waals surface area contributed by atoms with E-state index in [1.54, 1.807) is 0 Å². The first-order valence-corrected chi connectivity index (χ1v) is 4.91. The molecule has 4 nitrogen and oxygen atoms in total. The van der Waals surface area contributed by atoms with Crippen molar-refractivity contribution in [1.29, 1.82) is 0 Å². The number of hydrogen-bond donors (Lipinski definition) is 2. The standard InChI is InChI=1S/C12H7F2NO3/c13-8-2-1-3-9(14)10(8)7-4-6(12(17)18)5-15-11(7)16/h1-5H,(H,15,16)(H,17,18). The molecule has 1 heterocycles. The van der Waals surface area contributed by atoms with Crippen LogP contribution in [0.2, 0.25) is 0 Å². The van der Waals surface area contributed by atoms with Crippen LogP contribution >= 0.6 is 0 Å². The number of pyridine rings is 1. The van der Waals surface area contributed by atoms with Crippen LogP contribution in [0.1, 0.15) is 10.4 Å². The van der Waals surface area contributed by atoms with E-state index in [1.165, 1.54) is 0 Å². The number of aromatic amines is 1. The summed E-state index contributed by atoms with van der Waals surface area (Å²) in [5.41, 5.74) is -1.91. The zero-order valence-electron chi connectivity index (χ0n) is 8.91. The fraction of sp³-hybridized carbons (Fsp3) is 0. The van der Waals surface area contributed by atoms with E-state index in [0.29, 0.717) is 0 Å². The number of hydrogen-bond acceptors (Lipinski definition) is 2. The number of rotatable bonds is 2. The summed E-state index contributed by atoms with van der Waals surface area (Å²) in [5, 5.41) is 8.78. The predicted molar refractivity (Wildman–Crippen MR) is 59.4 cm³/mol. The van der Waals surface area contributed by atoms with Crippen molar-refractivity contribution >= 4 is 5.97 Å². The summed E-state index contributed by atoms with van der Waals surface area (Å²) in [6, 6.07) is 4.07. The third kappa shape index (κ3) is 2.00. The molecule has 0 aliphatic carbocycles. The van der Waals surface area contributed by atoms with Crippen molar-refractivity contribution in [3.05, 3.63) is 58.0 Å². The van der Waals surface area contributed by atoms with Gasteiger partial charge < -0.3 is 10.1 Å². The second-order valence-electron chi connectivity index (χ2n) is 3.53. The van der Waals surface area contributed by atoms with E-state index in [9.17, 15) is 18.4 Å². The quantitative estimate of drug-likeness (QED) is 0.857. The lowest BCUT2D eigenvalue weighted by Gasteiger charge is -2.04. The SMILES string of the molecule is O=C(O)c1c[nH]c(=O)c(-c2c(F)cccc2F)c1. The molecule has 0 aliphatic heterocycles. The van der Waals surface area contributed by atoms with Gasteiger partial charge in [-0.3, -0.25) is 4.79 Å². The van der Waals surface area contributed by atoms with Gasteiger partial charge in [-0.15, -0.1) is 0 Å². The van der Waals surface area contributed by atoms with Gasteiger partial charge in [-0.25, -0.2) is 13.6 Å². The lowest BCUT2D eigenvalue weighted by atomic mass is 10.0. The topological polar surface area (TPSA) is 70.2 Å². The largest absolute Gasteiger partial charge is 0.478 e. The normalized spacial score (nSPS) is 10.3. The molecule has 2 N–H and O–H groups in total. The number of nitrogens with one attached hydrogen (secondary N) is 1. The molecular formula is C12H7F2NO3. The summed E-state index contributed by atoms with van der Waals surface area (Å²) in [6.45, 7) is 0. The number of halogens is 2. The minimum absolute atomic E-state index is 0.257. The van der Waals surface area contributed by atoms with Crippen molar-refractivity contribution in [3.63, 3.8) is 0 Å². The molecule has 0 fully saturated rings. The van der Waals surface area contributed by atoms with Gasteiger partial charge in [-0.2, -0.15) is 0 Å². The van der Waals surface area contributed by atoms with Crippen LogP contribution in [0, 0.1) is 11.6 Å². The molecule has 0 atom stereocenters. The van der Waals surface area contributed by atoms with Crippen molar-refractivity contribution in [2.24, 2.45) is 0 Å². The second-order valence-corrected chi connectivity index (χ2v) is 3.53. The summed E-state index contributed by atoms with van der Waals surface area (Å²) < 4.78 is 27.0. The van der Waals surface area contributed by atoms with Gasteiger partial charge in [-0.1, -0.05) is 6.07 Å². The Balaban J connectivity index is 2.75. The molecule has 2 aromatic rings. The van der Waals surface area contributed by atoms with Gasteiger partial charge >= 0.3 is 5.97 Å². The molecule has 0 saturated heterocycles. The number of carboxylic acids is 1. The Morgan fingerprint density at radius 2 is 1.83 bits per heavy atom. The minimum Gasteiger partial charge on any atom is -0.478 e. The molecular weight excluding hydrogens is 244 g/mol. The number of H-pyrrole nitrogens is 1. The molecule has 0 aliphatic rings. The van der Waals surface area contributed by atoms with Crippen molar-refractivity contribution in [1.82, 2.24) is 4.98 Å². The first kappa shape index (κ1) is 12.0. The molecule has 0 bridgehead atoms. The van der Waals surface area contributed by atoms with E-state index in [1.807, 2.05) is 0 Å². The molecule has 18 heavy (non-hydrogen) atoms. The third-order valence-corrected chi connectivity index (χ3v) is 2.38. The molecule has 0 radical (unpaired) electrons. The van der Waals surface area contributed by atoms with Crippen molar-refractivity contribution < 1.29 is 18.7 Å². The molecule has 0 unspecified atom stereocenters. The van der Waals surface area contributed by atoms with Gasteiger partial charge in [0.1, 0.15) is 11.6 Å². The van der Waals surface area contributed by atoms with Crippen molar-refractivity contribution in [2.75, 3.05) is 0 Å². The Kier molecular flexibility index (Phi) is 2.93. The molecule has 0 spiro atoms. The van der Waals surface area contributed by atoms with Gasteiger partial charge in [0.05, 0.1) is 16.7 Å². The second kappa shape index (κ2) is 4.40. The average Bonchev–Trinajstić information content (AvgIpc) is 2.30. The van der Waals surface area contributed by atoms with E-state index in [0.717, 1.165) is 30.5 Å². The summed E-state index contributed by atoms with van der Waals surface area (Å²) in [4.78, 5) is 24.4. The third-order valence-electron chi connectivity index (χ3n) is 2.38. The summed E-state index contributed by atoms with van der Waals surface area (Å²) in [6.07, 6.45) is 0.965. The molecule has 1 aromatic carbocycles. The number of carbonyl (C=O) groups is 1. The lowest BCUT2D eigenvalue weighted by molar-refractivity contribution is 0.0696. The Bertz CT molecular complexity index is 659. The van der Waals surface area contributed by atoms with Crippen LogP contribution < -0.4 is 5.56 Å². The minimum atomic E-state index is -1.30. The average molecular weight is 251 g/mol. The van der Waals surface area contributed by atoms with Crippen molar-refractivity contribution in [3.8, 4) is 11.1 Å². The molecule has 6 heteroatoms. The molecule has 2 rings (SSSR count). The van der Waals surface area contributed by atoms with Gasteiger partial charge in [0, 0.05) is 6.20 Å². The molecule has 0 amide bonds. The van der Waals surface area contributed by atoms with E-state index in [4.69, 9.17) is 5.11 Å². The maximum absolute atomic E-state index is 13.5. The highest BCUT2D eigenvalue weighted by molar-refractivity contribution is 5.88. The maximum atomic E-state index is 13.5. The van der Waals surface area contributed by atoms with E-state index in [-0.39, 0.29) is 11.1 Å². The van der Waals surface area contributed by atoms with Crippen LogP contribution in [0.15, 0.2) is 35.3 Å². The van der Waals surface area contributed by atoms with Gasteiger partial charge in [-0.05, 0) is 18.2 Å². The molecule has 1 aromatic heterocycles. The summed E-state index contributed by atoms with van der Waals surface area (Å²) in [5.74, 6) is -3.16. The number of carboxylic acid groups (broad SMARTS) is 1. The Hall–Kier alpha value is -2.50. The lowest BCUT2D eigenvalue weighted by Crippen LogP contribution is -2.12. The Labute approximate surface area is 99.5 Å². The first-order valence-electron chi connectivity index (χ1n) is 4.91. The van der Waals surface area contributed by atoms with Crippen LogP contribution in [0.5, 0.6) is 0 Å². The van der Waals surface area contributed by atoms with Crippen LogP contribution in [-0.4, -0.2) is 16.1 Å². The highest BCUT2D eigenvalue weighted by Crippen LogP contribution is 2.23. The van der Waals surface area contributed by atoms with E-state index < -0.39 is 28.7 Å². The summed E-state index contributed by atoms with van der Waals surface area (Å²) >= 11 is 0. The van der Waals surface area contributed by atoms with Crippen molar-refractivity contribution in [2.45, 2.75) is 0 Å². The number of benzene rings is 1. The van der Waals surface area contributed by atoms with Crippen LogP contribution in [0.4, 0.5) is 8.78 Å². The monoisotopic (exact) mass is 251 g/mol. The smallest absolute Gasteiger partial charge is 0.337 e. The fourth-order valence-electron chi connectivity index (χ4n) is 1.55. The Morgan fingerprint density at radius 3 is 2.39 bits per heavy atom. The van der Waals surface area contributed by atoms with Crippen LogP contribution in [-0.2, 0) is 0 Å². The predicted octanol–water partition coefficient (Wildman–Crippen LogP) is 2.02. The molecule has 92 valence electrons. The highest BCUT2D eigenvalue weighted by Gasteiger charge is 2.16. The molecule has 0 saturated carbocycles. The van der Waals surface area contributed by atoms with E-state index >= 15 is 0 Å². The maximum Gasteiger partial charge on any atom is 0.337 e. The Morgan fingerprint density at radius 1 is 1.22 bits per heavy atom. The van der Waals surface area contributed by atoms with Crippen LogP contribution in [0.3, 0.4) is 0 Å².